The maximum atomic E-state index is 5.66. The van der Waals surface area contributed by atoms with E-state index < -0.39 is 0 Å². The van der Waals surface area contributed by atoms with E-state index in [1.807, 2.05) is 13.2 Å². The molecule has 88 valence electrons. The molecule has 5 nitrogen and oxygen atoms in total. The third-order valence-corrected chi connectivity index (χ3v) is 3.36. The van der Waals surface area contributed by atoms with Crippen LogP contribution in [0.25, 0.3) is 0 Å². The molecule has 1 aliphatic rings. The molecule has 0 bridgehead atoms. The minimum Gasteiger partial charge on any atom is -0.393 e. The summed E-state index contributed by atoms with van der Waals surface area (Å²) in [5.41, 5.74) is 6.68. The van der Waals surface area contributed by atoms with Crippen molar-refractivity contribution in [3.05, 3.63) is 11.9 Å². The summed E-state index contributed by atoms with van der Waals surface area (Å²) in [4.78, 5) is 3.04. The highest BCUT2D eigenvalue weighted by molar-refractivity contribution is 7.80. The van der Waals surface area contributed by atoms with Crippen LogP contribution >= 0.6 is 12.2 Å². The Hall–Kier alpha value is -1.01. The number of nitrogens with zero attached hydrogens (tertiary/aromatic N) is 4. The summed E-state index contributed by atoms with van der Waals surface area (Å²) in [5.74, 6) is 0.424. The van der Waals surface area contributed by atoms with Crippen LogP contribution in [0.5, 0.6) is 0 Å². The van der Waals surface area contributed by atoms with Gasteiger partial charge in [0.25, 0.3) is 0 Å². The summed E-state index contributed by atoms with van der Waals surface area (Å²) in [7, 11) is 1.88. The van der Waals surface area contributed by atoms with E-state index in [0.29, 0.717) is 10.9 Å². The number of aryl methyl sites for hydroxylation is 1. The highest BCUT2D eigenvalue weighted by Gasteiger charge is 2.21. The molecule has 1 saturated heterocycles. The molecular weight excluding hydrogens is 222 g/mol. The SMILES string of the molecule is Cn1cc(CN2CCC(C(N)=S)CC2)nn1. The van der Waals surface area contributed by atoms with Gasteiger partial charge in [-0.15, -0.1) is 5.10 Å². The zero-order valence-electron chi connectivity index (χ0n) is 9.46. The first-order valence-electron chi connectivity index (χ1n) is 5.52. The topological polar surface area (TPSA) is 60.0 Å². The molecule has 0 aromatic carbocycles. The molecule has 16 heavy (non-hydrogen) atoms. The number of likely N-dealkylation sites (tertiary alicyclic amines) is 1. The van der Waals surface area contributed by atoms with Crippen LogP contribution in [0.3, 0.4) is 0 Å². The molecule has 0 saturated carbocycles. The van der Waals surface area contributed by atoms with Gasteiger partial charge in [-0.2, -0.15) is 0 Å². The van der Waals surface area contributed by atoms with Crippen LogP contribution in [-0.2, 0) is 13.6 Å². The Labute approximate surface area is 101 Å². The van der Waals surface area contributed by atoms with Gasteiger partial charge < -0.3 is 5.73 Å². The fourth-order valence-electron chi connectivity index (χ4n) is 2.07. The smallest absolute Gasteiger partial charge is 0.0966 e. The predicted octanol–water partition coefficient (Wildman–Crippen LogP) is 0.313. The first-order valence-corrected chi connectivity index (χ1v) is 5.93. The zero-order valence-corrected chi connectivity index (χ0v) is 10.3. The third-order valence-electron chi connectivity index (χ3n) is 3.03. The standard InChI is InChI=1S/C10H17N5S/c1-14-6-9(12-13-14)7-15-4-2-8(3-5-15)10(11)16/h6,8H,2-5,7H2,1H3,(H2,11,16). The van der Waals surface area contributed by atoms with E-state index in [4.69, 9.17) is 18.0 Å². The van der Waals surface area contributed by atoms with Gasteiger partial charge in [-0.3, -0.25) is 9.58 Å². The Bertz CT molecular complexity index is 367. The van der Waals surface area contributed by atoms with E-state index in [-0.39, 0.29) is 0 Å². The molecular formula is C10H17N5S. The van der Waals surface area contributed by atoms with Crippen molar-refractivity contribution in [1.82, 2.24) is 19.9 Å². The van der Waals surface area contributed by atoms with E-state index in [1.54, 1.807) is 4.68 Å². The molecule has 0 amide bonds. The largest absolute Gasteiger partial charge is 0.393 e. The summed E-state index contributed by atoms with van der Waals surface area (Å²) in [5, 5.41) is 8.01. The van der Waals surface area contributed by atoms with Crippen LogP contribution in [0, 0.1) is 5.92 Å². The fourth-order valence-corrected chi connectivity index (χ4v) is 2.31. The Balaban J connectivity index is 1.83. The lowest BCUT2D eigenvalue weighted by atomic mass is 9.97. The molecule has 1 aromatic heterocycles. The monoisotopic (exact) mass is 239 g/mol. The molecule has 0 aliphatic carbocycles. The first kappa shape index (κ1) is 11.5. The van der Waals surface area contributed by atoms with Gasteiger partial charge in [0.05, 0.1) is 10.7 Å². The minimum absolute atomic E-state index is 0.424. The maximum absolute atomic E-state index is 5.66. The number of thiocarbonyl (C=S) groups is 1. The van der Waals surface area contributed by atoms with Gasteiger partial charge in [0.1, 0.15) is 0 Å². The van der Waals surface area contributed by atoms with Crippen LogP contribution in [0.2, 0.25) is 0 Å². The Kier molecular flexibility index (Phi) is 3.50. The lowest BCUT2D eigenvalue weighted by Crippen LogP contribution is -2.37. The van der Waals surface area contributed by atoms with Crippen molar-refractivity contribution in [2.75, 3.05) is 13.1 Å². The first-order chi connectivity index (χ1) is 7.65. The molecule has 2 heterocycles. The number of rotatable bonds is 3. The highest BCUT2D eigenvalue weighted by atomic mass is 32.1. The van der Waals surface area contributed by atoms with Gasteiger partial charge in [-0.1, -0.05) is 17.4 Å². The van der Waals surface area contributed by atoms with Gasteiger partial charge in [-0.25, -0.2) is 0 Å². The van der Waals surface area contributed by atoms with Gasteiger partial charge in [0, 0.05) is 25.7 Å². The predicted molar refractivity (Wildman–Crippen MR) is 65.8 cm³/mol. The van der Waals surface area contributed by atoms with E-state index in [2.05, 4.69) is 15.2 Å². The second-order valence-corrected chi connectivity index (χ2v) is 4.81. The minimum atomic E-state index is 0.424. The van der Waals surface area contributed by atoms with Gasteiger partial charge in [-0.05, 0) is 25.9 Å². The lowest BCUT2D eigenvalue weighted by Gasteiger charge is -2.30. The van der Waals surface area contributed by atoms with Crippen molar-refractivity contribution in [3.8, 4) is 0 Å². The van der Waals surface area contributed by atoms with Crippen LogP contribution in [0.1, 0.15) is 18.5 Å². The van der Waals surface area contributed by atoms with Crippen molar-refractivity contribution in [3.63, 3.8) is 0 Å². The highest BCUT2D eigenvalue weighted by Crippen LogP contribution is 2.18. The van der Waals surface area contributed by atoms with Crippen molar-refractivity contribution < 1.29 is 0 Å². The quantitative estimate of drug-likeness (QED) is 0.769. The van der Waals surface area contributed by atoms with Gasteiger partial charge >= 0.3 is 0 Å². The maximum Gasteiger partial charge on any atom is 0.0966 e. The Morgan fingerprint density at radius 3 is 2.75 bits per heavy atom. The van der Waals surface area contributed by atoms with Crippen LogP contribution in [-0.4, -0.2) is 38.0 Å². The van der Waals surface area contributed by atoms with Crippen molar-refractivity contribution in [1.29, 1.82) is 0 Å². The second-order valence-electron chi connectivity index (χ2n) is 4.34. The zero-order chi connectivity index (χ0) is 11.5. The summed E-state index contributed by atoms with van der Waals surface area (Å²) < 4.78 is 1.73. The fraction of sp³-hybridized carbons (Fsp3) is 0.700. The number of piperidine rings is 1. The lowest BCUT2D eigenvalue weighted by molar-refractivity contribution is 0.200. The van der Waals surface area contributed by atoms with Gasteiger partial charge in [0.2, 0.25) is 0 Å². The summed E-state index contributed by atoms with van der Waals surface area (Å²) in [6.07, 6.45) is 4.09. The molecule has 0 unspecified atom stereocenters. The van der Waals surface area contributed by atoms with Crippen LogP contribution < -0.4 is 5.73 Å². The summed E-state index contributed by atoms with van der Waals surface area (Å²) in [6.45, 7) is 2.95. The van der Waals surface area contributed by atoms with E-state index >= 15 is 0 Å². The van der Waals surface area contributed by atoms with E-state index in [0.717, 1.165) is 38.2 Å². The normalized spacial score (nSPS) is 18.8. The Morgan fingerprint density at radius 2 is 2.25 bits per heavy atom. The number of aromatic nitrogens is 3. The average Bonchev–Trinajstić information content (AvgIpc) is 2.65. The molecule has 0 atom stereocenters. The molecule has 1 fully saturated rings. The molecule has 6 heteroatoms. The molecule has 0 spiro atoms. The molecule has 1 aromatic rings. The van der Waals surface area contributed by atoms with Gasteiger partial charge in [0.15, 0.2) is 0 Å². The number of hydrogen-bond donors (Lipinski definition) is 1. The second kappa shape index (κ2) is 4.88. The molecule has 1 aliphatic heterocycles. The number of nitrogens with two attached hydrogens (primary N) is 1. The van der Waals surface area contributed by atoms with E-state index in [1.165, 1.54) is 0 Å². The van der Waals surface area contributed by atoms with Crippen molar-refractivity contribution in [2.24, 2.45) is 18.7 Å². The number of hydrogen-bond acceptors (Lipinski definition) is 4. The molecule has 0 radical (unpaired) electrons. The van der Waals surface area contributed by atoms with Crippen molar-refractivity contribution >= 4 is 17.2 Å². The van der Waals surface area contributed by atoms with Crippen LogP contribution in [0.15, 0.2) is 6.20 Å². The summed E-state index contributed by atoms with van der Waals surface area (Å²) in [6, 6.07) is 0. The Morgan fingerprint density at radius 1 is 1.56 bits per heavy atom. The van der Waals surface area contributed by atoms with E-state index in [9.17, 15) is 0 Å². The third kappa shape index (κ3) is 2.76. The summed E-state index contributed by atoms with van der Waals surface area (Å²) >= 11 is 5.02. The molecule has 2 N–H and O–H groups in total. The molecule has 2 rings (SSSR count). The van der Waals surface area contributed by atoms with Crippen molar-refractivity contribution in [2.45, 2.75) is 19.4 Å². The van der Waals surface area contributed by atoms with Crippen LogP contribution in [0.4, 0.5) is 0 Å². The average molecular weight is 239 g/mol.